The van der Waals surface area contributed by atoms with Gasteiger partial charge in [-0.15, -0.1) is 0 Å². The molecule has 1 N–H and O–H groups in total. The molecule has 0 amide bonds. The van der Waals surface area contributed by atoms with Crippen molar-refractivity contribution in [1.82, 2.24) is 10.2 Å². The van der Waals surface area contributed by atoms with E-state index in [9.17, 15) is 0 Å². The second kappa shape index (κ2) is 6.51. The molecule has 1 aromatic rings. The summed E-state index contributed by atoms with van der Waals surface area (Å²) in [6.45, 7) is 1.04. The van der Waals surface area contributed by atoms with Crippen molar-refractivity contribution in [3.8, 4) is 5.75 Å². The molecular weight excluding hydrogens is 200 g/mol. The van der Waals surface area contributed by atoms with Crippen molar-refractivity contribution >= 4 is 0 Å². The molecule has 1 atom stereocenters. The van der Waals surface area contributed by atoms with Crippen molar-refractivity contribution in [3.63, 3.8) is 0 Å². The van der Waals surface area contributed by atoms with Crippen molar-refractivity contribution in [2.24, 2.45) is 0 Å². The zero-order valence-corrected chi connectivity index (χ0v) is 10.7. The van der Waals surface area contributed by atoms with Crippen LogP contribution in [0.5, 0.6) is 5.75 Å². The first-order valence-electron chi connectivity index (χ1n) is 5.60. The van der Waals surface area contributed by atoms with Gasteiger partial charge in [-0.1, -0.05) is 12.1 Å². The molecule has 90 valence electrons. The van der Waals surface area contributed by atoms with Crippen LogP contribution in [-0.2, 0) is 6.42 Å². The summed E-state index contributed by atoms with van der Waals surface area (Å²) in [6, 6.07) is 8.76. The van der Waals surface area contributed by atoms with E-state index < -0.39 is 0 Å². The van der Waals surface area contributed by atoms with Crippen molar-refractivity contribution in [2.75, 3.05) is 34.8 Å². The van der Waals surface area contributed by atoms with Gasteiger partial charge < -0.3 is 15.0 Å². The van der Waals surface area contributed by atoms with E-state index in [1.165, 1.54) is 5.56 Å². The van der Waals surface area contributed by atoms with Crippen molar-refractivity contribution in [2.45, 2.75) is 12.5 Å². The molecule has 0 radical (unpaired) electrons. The van der Waals surface area contributed by atoms with Crippen LogP contribution in [0.3, 0.4) is 0 Å². The summed E-state index contributed by atoms with van der Waals surface area (Å²) in [7, 11) is 7.89. The average Bonchev–Trinajstić information content (AvgIpc) is 2.28. The molecule has 0 aliphatic heterocycles. The first kappa shape index (κ1) is 13.0. The fraction of sp³-hybridized carbons (Fsp3) is 0.538. The largest absolute Gasteiger partial charge is 0.497 e. The molecular formula is C13H22N2O. The third-order valence-corrected chi connectivity index (χ3v) is 2.63. The molecule has 1 rings (SSSR count). The molecule has 0 fully saturated rings. The molecule has 16 heavy (non-hydrogen) atoms. The molecule has 0 saturated carbocycles. The Morgan fingerprint density at radius 1 is 1.25 bits per heavy atom. The maximum absolute atomic E-state index is 5.14. The van der Waals surface area contributed by atoms with Gasteiger partial charge in [0, 0.05) is 12.6 Å². The highest BCUT2D eigenvalue weighted by atomic mass is 16.5. The van der Waals surface area contributed by atoms with E-state index in [0.29, 0.717) is 6.04 Å². The van der Waals surface area contributed by atoms with Crippen molar-refractivity contribution in [3.05, 3.63) is 29.8 Å². The Hall–Kier alpha value is -1.06. The third kappa shape index (κ3) is 4.21. The number of hydrogen-bond donors (Lipinski definition) is 1. The van der Waals surface area contributed by atoms with Gasteiger partial charge in [0.15, 0.2) is 0 Å². The minimum absolute atomic E-state index is 0.489. The van der Waals surface area contributed by atoms with Gasteiger partial charge in [0.05, 0.1) is 7.11 Å². The number of methoxy groups -OCH3 is 1. The zero-order valence-electron chi connectivity index (χ0n) is 10.7. The summed E-state index contributed by atoms with van der Waals surface area (Å²) in [6.07, 6.45) is 1.04. The lowest BCUT2D eigenvalue weighted by Gasteiger charge is -2.20. The van der Waals surface area contributed by atoms with Gasteiger partial charge in [0.1, 0.15) is 5.75 Å². The number of likely N-dealkylation sites (N-methyl/N-ethyl adjacent to an activating group) is 2. The number of nitrogens with zero attached hydrogens (tertiary/aromatic N) is 1. The van der Waals surface area contributed by atoms with Gasteiger partial charge in [0.25, 0.3) is 0 Å². The fourth-order valence-electron chi connectivity index (χ4n) is 1.74. The molecule has 0 spiro atoms. The normalized spacial score (nSPS) is 12.8. The predicted octanol–water partition coefficient (Wildman–Crippen LogP) is 1.39. The van der Waals surface area contributed by atoms with Gasteiger partial charge in [0.2, 0.25) is 0 Å². The van der Waals surface area contributed by atoms with Gasteiger partial charge in [-0.25, -0.2) is 0 Å². The number of hydrogen-bond acceptors (Lipinski definition) is 3. The molecule has 3 nitrogen and oxygen atoms in total. The molecule has 1 unspecified atom stereocenters. The first-order valence-corrected chi connectivity index (χ1v) is 5.60. The lowest BCUT2D eigenvalue weighted by Crippen LogP contribution is -2.37. The fourth-order valence-corrected chi connectivity index (χ4v) is 1.74. The Labute approximate surface area is 98.4 Å². The summed E-state index contributed by atoms with van der Waals surface area (Å²) in [5.74, 6) is 0.914. The highest BCUT2D eigenvalue weighted by Gasteiger charge is 2.08. The van der Waals surface area contributed by atoms with Crippen molar-refractivity contribution in [1.29, 1.82) is 0 Å². The van der Waals surface area contributed by atoms with Crippen LogP contribution in [0.25, 0.3) is 0 Å². The predicted molar refractivity (Wildman–Crippen MR) is 68.1 cm³/mol. The standard InChI is InChI=1S/C13H22N2O/c1-14-12(10-15(2)3)9-11-5-7-13(16-4)8-6-11/h5-8,12,14H,9-10H2,1-4H3. The Bertz CT molecular complexity index is 295. The first-order chi connectivity index (χ1) is 7.65. The second-order valence-electron chi connectivity index (χ2n) is 4.30. The minimum atomic E-state index is 0.489. The van der Waals surface area contributed by atoms with Crippen LogP contribution in [0.2, 0.25) is 0 Å². The Morgan fingerprint density at radius 2 is 1.88 bits per heavy atom. The van der Waals surface area contributed by atoms with Gasteiger partial charge in [-0.3, -0.25) is 0 Å². The number of rotatable bonds is 6. The highest BCUT2D eigenvalue weighted by molar-refractivity contribution is 5.27. The van der Waals surface area contributed by atoms with Crippen LogP contribution < -0.4 is 10.1 Å². The summed E-state index contributed by atoms with van der Waals surface area (Å²) >= 11 is 0. The zero-order chi connectivity index (χ0) is 12.0. The van der Waals surface area contributed by atoms with E-state index in [2.05, 4.69) is 36.4 Å². The molecule has 0 bridgehead atoms. The van der Waals surface area contributed by atoms with Crippen LogP contribution in [0.15, 0.2) is 24.3 Å². The quantitative estimate of drug-likeness (QED) is 0.787. The van der Waals surface area contributed by atoms with Crippen LogP contribution in [0.4, 0.5) is 0 Å². The summed E-state index contributed by atoms with van der Waals surface area (Å²) in [5, 5.41) is 3.34. The van der Waals surface area contributed by atoms with Crippen LogP contribution >= 0.6 is 0 Å². The van der Waals surface area contributed by atoms with E-state index in [4.69, 9.17) is 4.74 Å². The Balaban J connectivity index is 2.56. The van der Waals surface area contributed by atoms with Crippen molar-refractivity contribution < 1.29 is 4.74 Å². The SMILES string of the molecule is CNC(Cc1ccc(OC)cc1)CN(C)C. The highest BCUT2D eigenvalue weighted by Crippen LogP contribution is 2.12. The average molecular weight is 222 g/mol. The monoisotopic (exact) mass is 222 g/mol. The summed E-state index contributed by atoms with van der Waals surface area (Å²) in [5.41, 5.74) is 1.34. The van der Waals surface area contributed by atoms with Crippen LogP contribution in [0.1, 0.15) is 5.56 Å². The number of benzene rings is 1. The van der Waals surface area contributed by atoms with Crippen LogP contribution in [0, 0.1) is 0 Å². The number of ether oxygens (including phenoxy) is 1. The van der Waals surface area contributed by atoms with Gasteiger partial charge >= 0.3 is 0 Å². The molecule has 0 aliphatic carbocycles. The van der Waals surface area contributed by atoms with E-state index in [-0.39, 0.29) is 0 Å². The number of nitrogens with one attached hydrogen (secondary N) is 1. The van der Waals surface area contributed by atoms with E-state index in [1.54, 1.807) is 7.11 Å². The Kier molecular flexibility index (Phi) is 5.29. The smallest absolute Gasteiger partial charge is 0.118 e. The summed E-state index contributed by atoms with van der Waals surface area (Å²) in [4.78, 5) is 2.20. The second-order valence-corrected chi connectivity index (χ2v) is 4.30. The van der Waals surface area contributed by atoms with E-state index in [1.807, 2.05) is 19.2 Å². The minimum Gasteiger partial charge on any atom is -0.497 e. The molecule has 0 aromatic heterocycles. The topological polar surface area (TPSA) is 24.5 Å². The Morgan fingerprint density at radius 3 is 2.31 bits per heavy atom. The van der Waals surface area contributed by atoms with E-state index >= 15 is 0 Å². The molecule has 3 heteroatoms. The maximum atomic E-state index is 5.14. The molecule has 0 heterocycles. The van der Waals surface area contributed by atoms with Gasteiger partial charge in [-0.05, 0) is 45.3 Å². The molecule has 0 saturated heterocycles. The third-order valence-electron chi connectivity index (χ3n) is 2.63. The molecule has 1 aromatic carbocycles. The lowest BCUT2D eigenvalue weighted by molar-refractivity contribution is 0.346. The van der Waals surface area contributed by atoms with Crippen LogP contribution in [-0.4, -0.2) is 45.7 Å². The van der Waals surface area contributed by atoms with E-state index in [0.717, 1.165) is 18.7 Å². The lowest BCUT2D eigenvalue weighted by atomic mass is 10.1. The summed E-state index contributed by atoms with van der Waals surface area (Å²) < 4.78 is 5.14. The van der Waals surface area contributed by atoms with Gasteiger partial charge in [-0.2, -0.15) is 0 Å². The molecule has 0 aliphatic rings. The maximum Gasteiger partial charge on any atom is 0.118 e.